The second-order valence-electron chi connectivity index (χ2n) is 27.6. The van der Waals surface area contributed by atoms with E-state index >= 15 is 0 Å². The van der Waals surface area contributed by atoms with E-state index in [1.54, 1.807) is 0 Å². The average Bonchev–Trinajstić information content (AvgIpc) is 1.53. The highest BCUT2D eigenvalue weighted by atomic mass is 14.9. The molecule has 0 saturated carbocycles. The highest BCUT2D eigenvalue weighted by Gasteiger charge is 2.25. The van der Waals surface area contributed by atoms with Crippen LogP contribution in [0.5, 0.6) is 0 Å². The highest BCUT2D eigenvalue weighted by molar-refractivity contribution is 6.24. The van der Waals surface area contributed by atoms with E-state index in [0.29, 0.717) is 11.6 Å². The van der Waals surface area contributed by atoms with Crippen molar-refractivity contribution in [3.8, 4) is 89.8 Å². The third kappa shape index (κ3) is 8.95. The summed E-state index contributed by atoms with van der Waals surface area (Å²) in [6, 6.07) is 128. The van der Waals surface area contributed by atoms with Gasteiger partial charge >= 0.3 is 0 Å². The summed E-state index contributed by atoms with van der Waals surface area (Å²) >= 11 is 0. The molecule has 104 heavy (non-hydrogen) atoms. The van der Waals surface area contributed by atoms with Gasteiger partial charge in [0.2, 0.25) is 0 Å². The molecule has 0 N–H and O–H groups in total. The number of nitrogens with zero attached hydrogens (tertiary/aromatic N) is 6. The number of rotatable bonds is 8. The van der Waals surface area contributed by atoms with E-state index in [1.165, 1.54) is 81.9 Å². The quantitative estimate of drug-likeness (QED) is 0.112. The van der Waals surface area contributed by atoms with Gasteiger partial charge in [0, 0.05) is 81.9 Å². The van der Waals surface area contributed by atoms with E-state index in [0.717, 1.165) is 127 Å². The Labute approximate surface area is 597 Å². The molecule has 6 aromatic heterocycles. The second kappa shape index (κ2) is 22.8. The maximum absolute atomic E-state index is 5.71. The zero-order chi connectivity index (χ0) is 68.1. The predicted molar refractivity (Wildman–Crippen MR) is 436 cm³/mol. The fraction of sp³-hybridized carbons (Fsp3) is 0. The molecule has 0 aliphatic rings. The summed E-state index contributed by atoms with van der Waals surface area (Å²) in [7, 11) is 0. The summed E-state index contributed by atoms with van der Waals surface area (Å²) in [4.78, 5) is 22.5. The second-order valence-corrected chi connectivity index (χ2v) is 27.6. The monoisotopic (exact) mass is 1320 g/mol. The van der Waals surface area contributed by atoms with Crippen molar-refractivity contribution in [2.24, 2.45) is 0 Å². The first-order chi connectivity index (χ1) is 51.5. The lowest BCUT2D eigenvalue weighted by Gasteiger charge is -2.14. The largest absolute Gasteiger partial charge is 0.308 e. The zero-order valence-electron chi connectivity index (χ0n) is 56.2. The summed E-state index contributed by atoms with van der Waals surface area (Å²) in [5, 5.41) is 18.3. The Balaban J connectivity index is 0.703. The SMILES string of the molecule is c1ccc(-c2ccc(-c3c4ccc(-c5nc(-c6ccc(-c7ccc8ccc9c(-c%10ccc%11ccccc%11c%10)nc(-c%10ccc%11c(-c%12ccccc%12)c%12c%13ccccc%13c%13ccccc%13n%12c%11c%10)nc9c8c7)cc6)c6cc7ccccc7cc6n5)cc4n4c5ccccc5c5ccccc5c34)cc2)cc1. The van der Waals surface area contributed by atoms with Gasteiger partial charge < -0.3 is 8.80 Å². The van der Waals surface area contributed by atoms with Crippen LogP contribution in [0.25, 0.3) is 220 Å². The summed E-state index contributed by atoms with van der Waals surface area (Å²) in [5.74, 6) is 1.32. The van der Waals surface area contributed by atoms with Gasteiger partial charge in [-0.3, -0.25) is 0 Å². The number of aromatic nitrogens is 6. The van der Waals surface area contributed by atoms with Crippen LogP contribution in [-0.2, 0) is 0 Å². The van der Waals surface area contributed by atoms with Gasteiger partial charge in [0.25, 0.3) is 0 Å². The summed E-state index contributed by atoms with van der Waals surface area (Å²) < 4.78 is 4.95. The molecular weight excluding hydrogens is 1260 g/mol. The molecule has 22 aromatic rings. The molecular formula is C98H58N6. The summed E-state index contributed by atoms with van der Waals surface area (Å²) in [5.41, 5.74) is 23.6. The maximum atomic E-state index is 5.71. The first kappa shape index (κ1) is 57.9. The van der Waals surface area contributed by atoms with Crippen molar-refractivity contribution >= 4 is 130 Å². The van der Waals surface area contributed by atoms with Crippen LogP contribution in [0.4, 0.5) is 0 Å². The van der Waals surface area contributed by atoms with Crippen LogP contribution in [-0.4, -0.2) is 28.7 Å². The van der Waals surface area contributed by atoms with Crippen molar-refractivity contribution in [1.82, 2.24) is 28.7 Å². The molecule has 0 amide bonds. The van der Waals surface area contributed by atoms with E-state index in [9.17, 15) is 0 Å². The normalized spacial score (nSPS) is 12.0. The lowest BCUT2D eigenvalue weighted by atomic mass is 9.95. The van der Waals surface area contributed by atoms with Crippen LogP contribution in [0.3, 0.4) is 0 Å². The molecule has 0 atom stereocenters. The molecule has 6 heteroatoms. The number of hydrogen-bond donors (Lipinski definition) is 0. The predicted octanol–water partition coefficient (Wildman–Crippen LogP) is 25.8. The molecule has 0 radical (unpaired) electrons. The lowest BCUT2D eigenvalue weighted by molar-refractivity contribution is 1.23. The van der Waals surface area contributed by atoms with E-state index in [1.807, 2.05) is 0 Å². The Morgan fingerprint density at radius 3 is 1.20 bits per heavy atom. The minimum absolute atomic E-state index is 0.661. The Bertz CT molecular complexity index is 7380. The van der Waals surface area contributed by atoms with Gasteiger partial charge in [-0.15, -0.1) is 0 Å². The fourth-order valence-corrected chi connectivity index (χ4v) is 16.9. The Morgan fingerprint density at radius 1 is 0.183 bits per heavy atom. The van der Waals surface area contributed by atoms with Gasteiger partial charge in [0.05, 0.1) is 55.5 Å². The van der Waals surface area contributed by atoms with Gasteiger partial charge in [0.1, 0.15) is 0 Å². The topological polar surface area (TPSA) is 60.4 Å². The molecule has 480 valence electrons. The Morgan fingerprint density at radius 2 is 0.587 bits per heavy atom. The van der Waals surface area contributed by atoms with Gasteiger partial charge in [-0.25, -0.2) is 19.9 Å². The van der Waals surface area contributed by atoms with Crippen LogP contribution >= 0.6 is 0 Å². The molecule has 0 unspecified atom stereocenters. The third-order valence-electron chi connectivity index (χ3n) is 21.8. The van der Waals surface area contributed by atoms with E-state index < -0.39 is 0 Å². The van der Waals surface area contributed by atoms with Gasteiger partial charge in [-0.2, -0.15) is 0 Å². The van der Waals surface area contributed by atoms with Crippen molar-refractivity contribution in [2.75, 3.05) is 0 Å². The van der Waals surface area contributed by atoms with Gasteiger partial charge in [0.15, 0.2) is 11.6 Å². The summed E-state index contributed by atoms with van der Waals surface area (Å²) in [6.07, 6.45) is 0. The van der Waals surface area contributed by atoms with Crippen molar-refractivity contribution in [1.29, 1.82) is 0 Å². The molecule has 0 saturated heterocycles. The number of para-hydroxylation sites is 2. The molecule has 6 nitrogen and oxygen atoms in total. The standard InChI is InChI=1S/C98H58N6/c1-3-19-59(20-4-1)61-35-41-65(42-36-61)91-81-50-48-72(57-88(81)104-87-34-18-16-30-77(87)75-28-12-14-32-79(75)96(91)104)97-99-85-56-69-26-10-9-25-68(69)55-84(85)92(100-97)66-43-37-62(38-44-66)70-45-40-63-47-52-82-93(71-46-39-60-21-7-8-24-67(60)53-71)101-98(102-94(82)83(63)54-70)73-49-51-80-89(58-73)103-86-33-17-15-29-76(86)74-27-11-13-31-78(74)95(103)90(80)64-22-5-2-6-23-64/h1-58H. The molecule has 22 rings (SSSR count). The van der Waals surface area contributed by atoms with Crippen LogP contribution in [0.2, 0.25) is 0 Å². The average molecular weight is 1320 g/mol. The Hall–Kier alpha value is -13.9. The Kier molecular flexibility index (Phi) is 12.7. The lowest BCUT2D eigenvalue weighted by Crippen LogP contribution is -1.97. The number of pyridine rings is 2. The first-order valence-electron chi connectivity index (χ1n) is 35.6. The first-order valence-corrected chi connectivity index (χ1v) is 35.6. The smallest absolute Gasteiger partial charge is 0.160 e. The van der Waals surface area contributed by atoms with Crippen LogP contribution in [0, 0.1) is 0 Å². The number of fused-ring (bicyclic) bond motifs is 22. The van der Waals surface area contributed by atoms with Crippen LogP contribution in [0.1, 0.15) is 0 Å². The van der Waals surface area contributed by atoms with E-state index in [-0.39, 0.29) is 0 Å². The fourth-order valence-electron chi connectivity index (χ4n) is 16.9. The van der Waals surface area contributed by atoms with Gasteiger partial charge in [-0.1, -0.05) is 297 Å². The van der Waals surface area contributed by atoms with E-state index in [4.69, 9.17) is 19.9 Å². The van der Waals surface area contributed by atoms with E-state index in [2.05, 4.69) is 361 Å². The molecule has 0 fully saturated rings. The van der Waals surface area contributed by atoms with Crippen molar-refractivity contribution in [3.05, 3.63) is 352 Å². The van der Waals surface area contributed by atoms with Crippen LogP contribution < -0.4 is 0 Å². The van der Waals surface area contributed by atoms with Crippen molar-refractivity contribution < 1.29 is 0 Å². The zero-order valence-corrected chi connectivity index (χ0v) is 56.2. The molecule has 0 bridgehead atoms. The van der Waals surface area contributed by atoms with Gasteiger partial charge in [-0.05, 0) is 126 Å². The maximum Gasteiger partial charge on any atom is 0.160 e. The van der Waals surface area contributed by atoms with Crippen molar-refractivity contribution in [3.63, 3.8) is 0 Å². The highest BCUT2D eigenvalue weighted by Crippen LogP contribution is 2.47. The van der Waals surface area contributed by atoms with Crippen LogP contribution in [0.15, 0.2) is 352 Å². The molecule has 6 heterocycles. The minimum Gasteiger partial charge on any atom is -0.308 e. The summed E-state index contributed by atoms with van der Waals surface area (Å²) in [6.45, 7) is 0. The number of hydrogen-bond acceptors (Lipinski definition) is 4. The molecule has 0 aliphatic carbocycles. The molecule has 16 aromatic carbocycles. The van der Waals surface area contributed by atoms with Crippen molar-refractivity contribution in [2.45, 2.75) is 0 Å². The number of benzene rings is 16. The molecule has 0 aliphatic heterocycles. The molecule has 0 spiro atoms. The minimum atomic E-state index is 0.661. The third-order valence-corrected chi connectivity index (χ3v) is 21.8.